The van der Waals surface area contributed by atoms with E-state index in [-0.39, 0.29) is 6.61 Å². The minimum atomic E-state index is 0.0633. The van der Waals surface area contributed by atoms with Gasteiger partial charge in [-0.1, -0.05) is 23.9 Å². The highest BCUT2D eigenvalue weighted by Gasteiger charge is 2.13. The lowest BCUT2D eigenvalue weighted by atomic mass is 10.1. The Kier molecular flexibility index (Phi) is 4.90. The first-order chi connectivity index (χ1) is 10.4. The molecule has 0 spiro atoms. The van der Waals surface area contributed by atoms with E-state index < -0.39 is 0 Å². The van der Waals surface area contributed by atoms with Gasteiger partial charge in [0, 0.05) is 11.3 Å². The molecule has 0 fully saturated rings. The van der Waals surface area contributed by atoms with Gasteiger partial charge in [-0.3, -0.25) is 5.10 Å². The lowest BCUT2D eigenvalue weighted by molar-refractivity contribution is 0.103. The lowest BCUT2D eigenvalue weighted by Crippen LogP contribution is -2.02. The number of aliphatic hydroxyl groups excluding tert-OH is 1. The lowest BCUT2D eigenvalue weighted by Gasteiger charge is -2.01. The van der Waals surface area contributed by atoms with Crippen molar-refractivity contribution in [3.8, 4) is 11.4 Å². The molecule has 0 radical (unpaired) electrons. The van der Waals surface area contributed by atoms with Crippen LogP contribution in [0.15, 0.2) is 23.4 Å². The molecule has 0 unspecified atom stereocenters. The molecule has 2 aromatic rings. The summed E-state index contributed by atoms with van der Waals surface area (Å²) in [5.74, 6) is 1.60. The van der Waals surface area contributed by atoms with Gasteiger partial charge < -0.3 is 9.84 Å². The maximum Gasteiger partial charge on any atom is 0.208 e. The molecule has 1 aromatic heterocycles. The molecule has 1 aromatic carbocycles. The third-order valence-corrected chi connectivity index (χ3v) is 4.34. The Balaban J connectivity index is 1.59. The molecular weight excluding hydrogens is 286 g/mol. The van der Waals surface area contributed by atoms with Crippen LogP contribution in [0.1, 0.15) is 17.5 Å². The number of H-pyrrole nitrogens is 1. The molecule has 1 aliphatic carbocycles. The van der Waals surface area contributed by atoms with Gasteiger partial charge in [-0.15, -0.1) is 5.10 Å². The normalized spacial score (nSPS) is 13.6. The number of hydrogen-bond acceptors (Lipinski definition) is 5. The third-order valence-electron chi connectivity index (χ3n) is 3.53. The Morgan fingerprint density at radius 3 is 3.05 bits per heavy atom. The van der Waals surface area contributed by atoms with Crippen molar-refractivity contribution in [2.24, 2.45) is 0 Å². The van der Waals surface area contributed by atoms with Gasteiger partial charge in [-0.05, 0) is 36.5 Å². The Labute approximate surface area is 128 Å². The summed E-state index contributed by atoms with van der Waals surface area (Å²) in [4.78, 5) is 4.52. The van der Waals surface area contributed by atoms with Gasteiger partial charge in [-0.2, -0.15) is 0 Å². The summed E-state index contributed by atoms with van der Waals surface area (Å²) < 4.78 is 5.21. The van der Waals surface area contributed by atoms with Crippen LogP contribution < -0.4 is 0 Å². The number of benzene rings is 1. The van der Waals surface area contributed by atoms with Crippen molar-refractivity contribution in [3.63, 3.8) is 0 Å². The molecule has 0 saturated carbocycles. The largest absolute Gasteiger partial charge is 0.394 e. The molecule has 0 bridgehead atoms. The van der Waals surface area contributed by atoms with Crippen molar-refractivity contribution in [2.75, 3.05) is 25.6 Å². The van der Waals surface area contributed by atoms with E-state index in [0.717, 1.165) is 22.3 Å². The van der Waals surface area contributed by atoms with E-state index in [2.05, 4.69) is 33.4 Å². The quantitative estimate of drug-likeness (QED) is 0.605. The van der Waals surface area contributed by atoms with Crippen LogP contribution in [0.5, 0.6) is 0 Å². The first kappa shape index (κ1) is 14.6. The number of thioether (sulfide) groups is 1. The monoisotopic (exact) mass is 305 g/mol. The van der Waals surface area contributed by atoms with Crippen LogP contribution in [-0.4, -0.2) is 45.9 Å². The second-order valence-corrected chi connectivity index (χ2v) is 6.05. The number of ether oxygens (including phenoxy) is 1. The van der Waals surface area contributed by atoms with E-state index in [1.54, 1.807) is 11.8 Å². The topological polar surface area (TPSA) is 71.0 Å². The zero-order valence-electron chi connectivity index (χ0n) is 11.8. The van der Waals surface area contributed by atoms with Crippen LogP contribution in [0, 0.1) is 0 Å². The van der Waals surface area contributed by atoms with Gasteiger partial charge >= 0.3 is 0 Å². The van der Waals surface area contributed by atoms with Gasteiger partial charge in [0.05, 0.1) is 19.8 Å². The number of aryl methyl sites for hydroxylation is 2. The minimum absolute atomic E-state index is 0.0633. The summed E-state index contributed by atoms with van der Waals surface area (Å²) >= 11 is 1.55. The molecule has 6 heteroatoms. The summed E-state index contributed by atoms with van der Waals surface area (Å²) in [6.45, 7) is 1.04. The average molecular weight is 305 g/mol. The fourth-order valence-electron chi connectivity index (χ4n) is 2.52. The van der Waals surface area contributed by atoms with Crippen LogP contribution in [0.4, 0.5) is 0 Å². The number of aromatic nitrogens is 3. The molecule has 3 rings (SSSR count). The fraction of sp³-hybridized carbons (Fsp3) is 0.467. The van der Waals surface area contributed by atoms with Crippen LogP contribution in [0.3, 0.4) is 0 Å². The van der Waals surface area contributed by atoms with E-state index in [1.165, 1.54) is 30.4 Å². The highest BCUT2D eigenvalue weighted by molar-refractivity contribution is 7.99. The maximum absolute atomic E-state index is 8.62. The summed E-state index contributed by atoms with van der Waals surface area (Å²) in [6.07, 6.45) is 3.62. The molecule has 21 heavy (non-hydrogen) atoms. The SMILES string of the molecule is OCCOCCSc1n[nH]c(-c2ccc3c(c2)CCC3)n1. The Bertz CT molecular complexity index is 600. The van der Waals surface area contributed by atoms with Crippen LogP contribution >= 0.6 is 11.8 Å². The number of fused-ring (bicyclic) bond motifs is 1. The Hall–Kier alpha value is -1.37. The standard InChI is InChI=1S/C15H19N3O2S/c19-6-7-20-8-9-21-15-16-14(17-18-15)13-5-4-11-2-1-3-12(11)10-13/h4-5,10,19H,1-3,6-9H2,(H,16,17,18). The van der Waals surface area contributed by atoms with Gasteiger partial charge in [0.25, 0.3) is 0 Å². The van der Waals surface area contributed by atoms with E-state index in [0.29, 0.717) is 13.2 Å². The summed E-state index contributed by atoms with van der Waals surface area (Å²) in [7, 11) is 0. The average Bonchev–Trinajstić information content (AvgIpc) is 3.15. The fourth-order valence-corrected chi connectivity index (χ4v) is 3.17. The van der Waals surface area contributed by atoms with Gasteiger partial charge in [0.1, 0.15) is 0 Å². The highest BCUT2D eigenvalue weighted by atomic mass is 32.2. The molecule has 5 nitrogen and oxygen atoms in total. The molecule has 1 heterocycles. The number of nitrogens with one attached hydrogen (secondary N) is 1. The predicted molar refractivity (Wildman–Crippen MR) is 82.5 cm³/mol. The summed E-state index contributed by atoms with van der Waals surface area (Å²) in [5.41, 5.74) is 4.01. The van der Waals surface area contributed by atoms with Crippen molar-refractivity contribution in [1.29, 1.82) is 0 Å². The molecular formula is C15H19N3O2S. The van der Waals surface area contributed by atoms with Crippen molar-refractivity contribution in [3.05, 3.63) is 29.3 Å². The number of hydrogen-bond donors (Lipinski definition) is 2. The molecule has 0 amide bonds. The zero-order chi connectivity index (χ0) is 14.5. The van der Waals surface area contributed by atoms with Crippen LogP contribution in [0.2, 0.25) is 0 Å². The zero-order valence-corrected chi connectivity index (χ0v) is 12.7. The number of aliphatic hydroxyl groups is 1. The second-order valence-electron chi connectivity index (χ2n) is 4.99. The predicted octanol–water partition coefficient (Wildman–Crippen LogP) is 2.06. The molecule has 1 aliphatic rings. The molecule has 2 N–H and O–H groups in total. The van der Waals surface area contributed by atoms with Gasteiger partial charge in [0.2, 0.25) is 5.16 Å². The minimum Gasteiger partial charge on any atom is -0.394 e. The number of aromatic amines is 1. The summed E-state index contributed by atoms with van der Waals surface area (Å²) in [6, 6.07) is 6.54. The highest BCUT2D eigenvalue weighted by Crippen LogP contribution is 2.27. The van der Waals surface area contributed by atoms with Gasteiger partial charge in [0.15, 0.2) is 5.82 Å². The molecule has 0 aliphatic heterocycles. The van der Waals surface area contributed by atoms with E-state index in [4.69, 9.17) is 9.84 Å². The first-order valence-electron chi connectivity index (χ1n) is 7.23. The number of rotatable bonds is 7. The summed E-state index contributed by atoms with van der Waals surface area (Å²) in [5, 5.41) is 16.6. The van der Waals surface area contributed by atoms with Crippen molar-refractivity contribution >= 4 is 11.8 Å². The molecule has 112 valence electrons. The van der Waals surface area contributed by atoms with E-state index in [1.807, 2.05) is 0 Å². The molecule has 0 atom stereocenters. The van der Waals surface area contributed by atoms with Crippen LogP contribution in [0.25, 0.3) is 11.4 Å². The van der Waals surface area contributed by atoms with Crippen molar-refractivity contribution in [1.82, 2.24) is 15.2 Å². The van der Waals surface area contributed by atoms with E-state index >= 15 is 0 Å². The first-order valence-corrected chi connectivity index (χ1v) is 8.21. The van der Waals surface area contributed by atoms with Crippen LogP contribution in [-0.2, 0) is 17.6 Å². The molecule has 0 saturated heterocycles. The smallest absolute Gasteiger partial charge is 0.208 e. The Morgan fingerprint density at radius 1 is 1.24 bits per heavy atom. The second kappa shape index (κ2) is 7.06. The van der Waals surface area contributed by atoms with E-state index in [9.17, 15) is 0 Å². The van der Waals surface area contributed by atoms with Crippen molar-refractivity contribution < 1.29 is 9.84 Å². The van der Waals surface area contributed by atoms with Crippen molar-refractivity contribution in [2.45, 2.75) is 24.4 Å². The number of nitrogens with zero attached hydrogens (tertiary/aromatic N) is 2. The van der Waals surface area contributed by atoms with Gasteiger partial charge in [-0.25, -0.2) is 4.98 Å². The maximum atomic E-state index is 8.62. The Morgan fingerprint density at radius 2 is 2.14 bits per heavy atom. The third kappa shape index (κ3) is 3.64.